The van der Waals surface area contributed by atoms with E-state index in [2.05, 4.69) is 29.6 Å². The van der Waals surface area contributed by atoms with Crippen LogP contribution in [0.15, 0.2) is 48.5 Å². The molecular formula is C28H32N2O5. The number of hydrogen-bond acceptors (Lipinski definition) is 4. The molecular weight excluding hydrogens is 444 g/mol. The van der Waals surface area contributed by atoms with Gasteiger partial charge in [0.25, 0.3) is 0 Å². The number of ether oxygens (including phenoxy) is 1. The molecule has 1 saturated heterocycles. The van der Waals surface area contributed by atoms with Crippen LogP contribution >= 0.6 is 0 Å². The number of piperidine rings is 1. The molecule has 0 aromatic heterocycles. The minimum Gasteiger partial charge on any atom is -0.481 e. The molecule has 5 rings (SSSR count). The summed E-state index contributed by atoms with van der Waals surface area (Å²) in [4.78, 5) is 38.8. The van der Waals surface area contributed by atoms with Crippen molar-refractivity contribution in [3.63, 3.8) is 0 Å². The standard InChI is InChI=1S/C28H32N2O5/c31-26(32)16-20-7-5-6-14-30(20)27(33)18-12-13-19(15-18)29-28(34)35-17-25-23-10-3-1-8-21(23)22-9-2-4-11-24(22)25/h1-4,8-11,18-20,25H,5-7,12-17H2,(H,29,34)(H,31,32). The second kappa shape index (κ2) is 10.1. The van der Waals surface area contributed by atoms with E-state index in [0.717, 1.165) is 25.7 Å². The number of alkyl carbamates (subject to hydrolysis) is 1. The zero-order chi connectivity index (χ0) is 24.4. The summed E-state index contributed by atoms with van der Waals surface area (Å²) in [5.41, 5.74) is 4.72. The largest absolute Gasteiger partial charge is 0.481 e. The number of benzene rings is 2. The summed E-state index contributed by atoms with van der Waals surface area (Å²) in [6, 6.07) is 16.1. The number of nitrogens with zero attached hydrogens (tertiary/aromatic N) is 1. The Morgan fingerprint density at radius 2 is 1.63 bits per heavy atom. The third kappa shape index (κ3) is 4.90. The zero-order valence-electron chi connectivity index (χ0n) is 19.8. The highest BCUT2D eigenvalue weighted by Crippen LogP contribution is 2.44. The van der Waals surface area contributed by atoms with Crippen LogP contribution in [0.4, 0.5) is 4.79 Å². The fourth-order valence-corrected chi connectivity index (χ4v) is 6.08. The number of likely N-dealkylation sites (tertiary alicyclic amines) is 1. The molecule has 2 aromatic rings. The van der Waals surface area contributed by atoms with Crippen molar-refractivity contribution in [2.24, 2.45) is 5.92 Å². The molecule has 2 amide bonds. The summed E-state index contributed by atoms with van der Waals surface area (Å²) in [6.07, 6.45) is 4.15. The van der Waals surface area contributed by atoms with E-state index in [4.69, 9.17) is 4.74 Å². The third-order valence-corrected chi connectivity index (χ3v) is 7.77. The molecule has 3 aliphatic rings. The van der Waals surface area contributed by atoms with Crippen LogP contribution in [0.1, 0.15) is 62.0 Å². The predicted molar refractivity (Wildman–Crippen MR) is 131 cm³/mol. The van der Waals surface area contributed by atoms with Crippen LogP contribution in [-0.2, 0) is 14.3 Å². The van der Waals surface area contributed by atoms with Crippen molar-refractivity contribution >= 4 is 18.0 Å². The molecule has 2 fully saturated rings. The van der Waals surface area contributed by atoms with Crippen LogP contribution in [0, 0.1) is 5.92 Å². The number of carbonyl (C=O) groups is 3. The lowest BCUT2D eigenvalue weighted by molar-refractivity contribution is -0.143. The van der Waals surface area contributed by atoms with Crippen molar-refractivity contribution in [3.05, 3.63) is 59.7 Å². The number of nitrogens with one attached hydrogen (secondary N) is 1. The van der Waals surface area contributed by atoms with Crippen molar-refractivity contribution in [1.29, 1.82) is 0 Å². The molecule has 0 radical (unpaired) electrons. The Bertz CT molecular complexity index is 1070. The van der Waals surface area contributed by atoms with Crippen LogP contribution in [0.5, 0.6) is 0 Å². The maximum absolute atomic E-state index is 13.1. The summed E-state index contributed by atoms with van der Waals surface area (Å²) in [5.74, 6) is -0.997. The normalized spacial score (nSPS) is 23.4. The van der Waals surface area contributed by atoms with E-state index in [0.29, 0.717) is 19.4 Å². The van der Waals surface area contributed by atoms with E-state index < -0.39 is 12.1 Å². The first kappa shape index (κ1) is 23.4. The Hall–Kier alpha value is -3.35. The van der Waals surface area contributed by atoms with Crippen LogP contribution in [0.25, 0.3) is 11.1 Å². The van der Waals surface area contributed by atoms with Gasteiger partial charge in [0.2, 0.25) is 5.91 Å². The maximum atomic E-state index is 13.1. The lowest BCUT2D eigenvalue weighted by atomic mass is 9.96. The molecule has 1 heterocycles. The van der Waals surface area contributed by atoms with Gasteiger partial charge < -0.3 is 20.1 Å². The fraction of sp³-hybridized carbons (Fsp3) is 0.464. The Balaban J connectivity index is 1.15. The monoisotopic (exact) mass is 476 g/mol. The van der Waals surface area contributed by atoms with Gasteiger partial charge in [0.15, 0.2) is 0 Å². The topological polar surface area (TPSA) is 95.9 Å². The smallest absolute Gasteiger partial charge is 0.407 e. The number of amides is 2. The lowest BCUT2D eigenvalue weighted by Gasteiger charge is -2.36. The highest BCUT2D eigenvalue weighted by atomic mass is 16.5. The van der Waals surface area contributed by atoms with Crippen molar-refractivity contribution in [2.75, 3.05) is 13.2 Å². The van der Waals surface area contributed by atoms with E-state index in [1.807, 2.05) is 24.3 Å². The summed E-state index contributed by atoms with van der Waals surface area (Å²) in [5, 5.41) is 12.2. The minimum atomic E-state index is -0.865. The maximum Gasteiger partial charge on any atom is 0.407 e. The first-order chi connectivity index (χ1) is 17.0. The molecule has 1 aliphatic heterocycles. The minimum absolute atomic E-state index is 0.000111. The average molecular weight is 477 g/mol. The van der Waals surface area contributed by atoms with E-state index in [9.17, 15) is 19.5 Å². The molecule has 0 spiro atoms. The van der Waals surface area contributed by atoms with Crippen molar-refractivity contribution in [3.8, 4) is 11.1 Å². The fourth-order valence-electron chi connectivity index (χ4n) is 6.08. The molecule has 35 heavy (non-hydrogen) atoms. The van der Waals surface area contributed by atoms with Gasteiger partial charge in [-0.05, 0) is 60.8 Å². The average Bonchev–Trinajstić information content (AvgIpc) is 3.45. The van der Waals surface area contributed by atoms with Gasteiger partial charge in [-0.2, -0.15) is 0 Å². The molecule has 7 nitrogen and oxygen atoms in total. The molecule has 2 aliphatic carbocycles. The zero-order valence-corrected chi connectivity index (χ0v) is 19.8. The molecule has 2 N–H and O–H groups in total. The summed E-state index contributed by atoms with van der Waals surface area (Å²) in [7, 11) is 0. The number of carboxylic acid groups (broad SMARTS) is 1. The summed E-state index contributed by atoms with van der Waals surface area (Å²) < 4.78 is 5.66. The number of fused-ring (bicyclic) bond motifs is 3. The number of carboxylic acids is 1. The highest BCUT2D eigenvalue weighted by Gasteiger charge is 2.37. The van der Waals surface area contributed by atoms with E-state index in [1.165, 1.54) is 22.3 Å². The third-order valence-electron chi connectivity index (χ3n) is 7.77. The van der Waals surface area contributed by atoms with Gasteiger partial charge >= 0.3 is 12.1 Å². The van der Waals surface area contributed by atoms with Gasteiger partial charge in [0.1, 0.15) is 6.61 Å². The van der Waals surface area contributed by atoms with Gasteiger partial charge in [-0.1, -0.05) is 48.5 Å². The molecule has 1 saturated carbocycles. The van der Waals surface area contributed by atoms with E-state index in [1.54, 1.807) is 4.90 Å². The lowest BCUT2D eigenvalue weighted by Crippen LogP contribution is -2.47. The van der Waals surface area contributed by atoms with Crippen molar-refractivity contribution in [2.45, 2.75) is 62.9 Å². The Labute approximate surface area is 205 Å². The molecule has 2 aromatic carbocycles. The molecule has 184 valence electrons. The van der Waals surface area contributed by atoms with Gasteiger partial charge in [0, 0.05) is 30.5 Å². The number of hydrogen-bond donors (Lipinski definition) is 2. The SMILES string of the molecule is O=C(O)CC1CCCCN1C(=O)C1CCC(NC(=O)OCC2c3ccccc3-c3ccccc32)C1. The summed E-state index contributed by atoms with van der Waals surface area (Å²) in [6.45, 7) is 0.886. The Kier molecular flexibility index (Phi) is 6.75. The highest BCUT2D eigenvalue weighted by molar-refractivity contribution is 5.81. The van der Waals surface area contributed by atoms with E-state index >= 15 is 0 Å². The number of carbonyl (C=O) groups excluding carboxylic acids is 2. The van der Waals surface area contributed by atoms with Gasteiger partial charge in [-0.15, -0.1) is 0 Å². The predicted octanol–water partition coefficient (Wildman–Crippen LogP) is 4.55. The van der Waals surface area contributed by atoms with E-state index in [-0.39, 0.29) is 42.9 Å². The van der Waals surface area contributed by atoms with Crippen LogP contribution in [-0.4, -0.2) is 53.2 Å². The summed E-state index contributed by atoms with van der Waals surface area (Å²) >= 11 is 0. The first-order valence-corrected chi connectivity index (χ1v) is 12.6. The molecule has 3 atom stereocenters. The Morgan fingerprint density at radius 3 is 2.31 bits per heavy atom. The van der Waals surface area contributed by atoms with Crippen LogP contribution in [0.2, 0.25) is 0 Å². The molecule has 3 unspecified atom stereocenters. The second-order valence-corrected chi connectivity index (χ2v) is 9.96. The quantitative estimate of drug-likeness (QED) is 0.638. The second-order valence-electron chi connectivity index (χ2n) is 9.96. The van der Waals surface area contributed by atoms with Crippen molar-refractivity contribution in [1.82, 2.24) is 10.2 Å². The van der Waals surface area contributed by atoms with Gasteiger partial charge in [-0.3, -0.25) is 9.59 Å². The first-order valence-electron chi connectivity index (χ1n) is 12.6. The molecule has 0 bridgehead atoms. The number of aliphatic carboxylic acids is 1. The molecule has 7 heteroatoms. The number of rotatable bonds is 6. The van der Waals surface area contributed by atoms with Gasteiger partial charge in [0.05, 0.1) is 6.42 Å². The van der Waals surface area contributed by atoms with Gasteiger partial charge in [-0.25, -0.2) is 4.79 Å². The van der Waals surface area contributed by atoms with Crippen LogP contribution in [0.3, 0.4) is 0 Å². The van der Waals surface area contributed by atoms with Crippen LogP contribution < -0.4 is 5.32 Å². The Morgan fingerprint density at radius 1 is 0.943 bits per heavy atom. The van der Waals surface area contributed by atoms with Crippen molar-refractivity contribution < 1.29 is 24.2 Å².